The van der Waals surface area contributed by atoms with Gasteiger partial charge in [-0.25, -0.2) is 4.79 Å². The van der Waals surface area contributed by atoms with Gasteiger partial charge in [-0.2, -0.15) is 0 Å². The van der Waals surface area contributed by atoms with Crippen LogP contribution in [-0.4, -0.2) is 24.0 Å². The maximum atomic E-state index is 11.5. The molecule has 2 fully saturated rings. The highest BCUT2D eigenvalue weighted by Gasteiger charge is 2.37. The van der Waals surface area contributed by atoms with Gasteiger partial charge in [0.1, 0.15) is 5.60 Å². The lowest BCUT2D eigenvalue weighted by molar-refractivity contribution is -0.0308. The van der Waals surface area contributed by atoms with Crippen molar-refractivity contribution in [3.05, 3.63) is 0 Å². The van der Waals surface area contributed by atoms with Gasteiger partial charge in [0.05, 0.1) is 0 Å². The minimum Gasteiger partial charge on any atom is -0.429 e. The van der Waals surface area contributed by atoms with Crippen molar-refractivity contribution in [3.63, 3.8) is 0 Å². The van der Waals surface area contributed by atoms with Crippen LogP contribution in [0.4, 0.5) is 4.79 Å². The van der Waals surface area contributed by atoms with E-state index < -0.39 is 11.8 Å². The van der Waals surface area contributed by atoms with Crippen molar-refractivity contribution < 1.29 is 14.3 Å². The quantitative estimate of drug-likeness (QED) is 0.717. The zero-order chi connectivity index (χ0) is 12.5. The molecule has 17 heavy (non-hydrogen) atoms. The molecule has 1 N–H and O–H groups in total. The van der Waals surface area contributed by atoms with Crippen LogP contribution in [0.2, 0.25) is 0 Å². The second-order valence-electron chi connectivity index (χ2n) is 6.12. The number of rotatable bonds is 1. The second-order valence-corrected chi connectivity index (χ2v) is 6.12. The van der Waals surface area contributed by atoms with Gasteiger partial charge in [-0.15, -0.1) is 0 Å². The van der Waals surface area contributed by atoms with Crippen molar-refractivity contribution in [2.75, 3.05) is 0 Å². The number of hydrogen-bond donors (Lipinski definition) is 1. The third kappa shape index (κ3) is 3.60. The van der Waals surface area contributed by atoms with Crippen LogP contribution in [0.1, 0.15) is 52.9 Å². The summed E-state index contributed by atoms with van der Waals surface area (Å²) in [5.74, 6) is 0.677. The molecule has 0 spiro atoms. The molecule has 1 aliphatic heterocycles. The Balaban J connectivity index is 1.79. The first-order valence-corrected chi connectivity index (χ1v) is 6.60. The van der Waals surface area contributed by atoms with E-state index in [1.54, 1.807) is 0 Å². The molecule has 2 aliphatic rings. The van der Waals surface area contributed by atoms with Crippen molar-refractivity contribution in [2.24, 2.45) is 5.92 Å². The highest BCUT2D eigenvalue weighted by atomic mass is 16.7. The van der Waals surface area contributed by atoms with E-state index in [-0.39, 0.29) is 6.23 Å². The lowest BCUT2D eigenvalue weighted by Crippen LogP contribution is -2.36. The number of nitrogens with one attached hydrogen (secondary N) is 1. The number of hydrogen-bond acceptors (Lipinski definition) is 4. The molecule has 0 aromatic carbocycles. The van der Waals surface area contributed by atoms with Gasteiger partial charge in [-0.3, -0.25) is 5.32 Å². The van der Waals surface area contributed by atoms with Crippen LogP contribution >= 0.6 is 0 Å². The Kier molecular flexibility index (Phi) is 3.61. The minimum atomic E-state index is -0.561. The Labute approximate surface area is 103 Å². The van der Waals surface area contributed by atoms with Crippen LogP contribution in [0.15, 0.2) is 0 Å². The molecule has 0 aromatic rings. The van der Waals surface area contributed by atoms with E-state index in [4.69, 9.17) is 9.47 Å². The van der Waals surface area contributed by atoms with Crippen LogP contribution in [0.5, 0.6) is 0 Å². The van der Waals surface area contributed by atoms with Crippen molar-refractivity contribution in [1.29, 1.82) is 0 Å². The first kappa shape index (κ1) is 12.7. The van der Waals surface area contributed by atoms with E-state index in [0.29, 0.717) is 12.0 Å². The maximum absolute atomic E-state index is 11.5. The monoisotopic (exact) mass is 241 g/mol. The predicted molar refractivity (Wildman–Crippen MR) is 64.6 cm³/mol. The maximum Gasteiger partial charge on any atom is 0.510 e. The van der Waals surface area contributed by atoms with Crippen LogP contribution in [0, 0.1) is 5.92 Å². The predicted octanol–water partition coefficient (Wildman–Crippen LogP) is 2.82. The molecule has 1 heterocycles. The van der Waals surface area contributed by atoms with Gasteiger partial charge in [-0.05, 0) is 39.5 Å². The average Bonchev–Trinajstić information content (AvgIpc) is 2.55. The molecular formula is C13H23NO3. The van der Waals surface area contributed by atoms with Crippen LogP contribution in [0.25, 0.3) is 0 Å². The normalized spacial score (nSPS) is 33.0. The number of fused-ring (bicyclic) bond motifs is 1. The summed E-state index contributed by atoms with van der Waals surface area (Å²) in [7, 11) is 0. The second kappa shape index (κ2) is 4.84. The Morgan fingerprint density at radius 2 is 1.94 bits per heavy atom. The summed E-state index contributed by atoms with van der Waals surface area (Å²) in [6, 6.07) is 0.538. The molecule has 98 valence electrons. The molecule has 1 aliphatic carbocycles. The molecular weight excluding hydrogens is 218 g/mol. The van der Waals surface area contributed by atoms with Crippen molar-refractivity contribution >= 4 is 6.16 Å². The first-order chi connectivity index (χ1) is 7.94. The standard InChI is InChI=1S/C13H23NO3/c1-13(2,3)17-12(15)16-11-8-9-6-4-5-7-10(9)14-11/h9-11,14H,4-8H2,1-3H3/t9?,10-,11?/m0/s1. The van der Waals surface area contributed by atoms with Gasteiger partial charge in [0.25, 0.3) is 0 Å². The average molecular weight is 241 g/mol. The third-order valence-electron chi connectivity index (χ3n) is 3.45. The Morgan fingerprint density at radius 1 is 1.24 bits per heavy atom. The lowest BCUT2D eigenvalue weighted by Gasteiger charge is -2.23. The molecule has 1 saturated heterocycles. The highest BCUT2D eigenvalue weighted by Crippen LogP contribution is 2.33. The summed E-state index contributed by atoms with van der Waals surface area (Å²) in [5.41, 5.74) is -0.484. The Bertz CT molecular complexity index is 271. The fourth-order valence-electron chi connectivity index (χ4n) is 2.76. The van der Waals surface area contributed by atoms with Crippen molar-refractivity contribution in [2.45, 2.75) is 70.7 Å². The zero-order valence-corrected chi connectivity index (χ0v) is 11.0. The molecule has 4 heteroatoms. The molecule has 0 radical (unpaired) electrons. The first-order valence-electron chi connectivity index (χ1n) is 6.60. The lowest BCUT2D eigenvalue weighted by atomic mass is 9.85. The SMILES string of the molecule is CC(C)(C)OC(=O)OC1CC2CCCC[C@@H]2N1. The van der Waals surface area contributed by atoms with Gasteiger partial charge >= 0.3 is 6.16 Å². The molecule has 0 amide bonds. The molecule has 3 atom stereocenters. The van der Waals surface area contributed by atoms with Crippen LogP contribution in [0.3, 0.4) is 0 Å². The summed E-state index contributed by atoms with van der Waals surface area (Å²) < 4.78 is 10.5. The van der Waals surface area contributed by atoms with Gasteiger partial charge in [-0.1, -0.05) is 12.8 Å². The third-order valence-corrected chi connectivity index (χ3v) is 3.45. The van der Waals surface area contributed by atoms with Crippen LogP contribution < -0.4 is 5.32 Å². The molecule has 2 unspecified atom stereocenters. The van der Waals surface area contributed by atoms with Crippen molar-refractivity contribution in [3.8, 4) is 0 Å². The van der Waals surface area contributed by atoms with Crippen LogP contribution in [-0.2, 0) is 9.47 Å². The minimum absolute atomic E-state index is 0.155. The van der Waals surface area contributed by atoms with E-state index in [2.05, 4.69) is 5.32 Å². The number of carbonyl (C=O) groups is 1. The summed E-state index contributed by atoms with van der Waals surface area (Å²) in [4.78, 5) is 11.5. The smallest absolute Gasteiger partial charge is 0.429 e. The molecule has 4 nitrogen and oxygen atoms in total. The van der Waals surface area contributed by atoms with E-state index in [9.17, 15) is 4.79 Å². The van der Waals surface area contributed by atoms with Gasteiger partial charge in [0, 0.05) is 12.5 Å². The van der Waals surface area contributed by atoms with E-state index in [0.717, 1.165) is 6.42 Å². The molecule has 2 rings (SSSR count). The summed E-state index contributed by atoms with van der Waals surface area (Å²) in [6.07, 6.45) is 5.27. The summed E-state index contributed by atoms with van der Waals surface area (Å²) >= 11 is 0. The Hall–Kier alpha value is -0.770. The van der Waals surface area contributed by atoms with Crippen molar-refractivity contribution in [1.82, 2.24) is 5.32 Å². The summed E-state index contributed by atoms with van der Waals surface area (Å²) in [6.45, 7) is 5.53. The fourth-order valence-corrected chi connectivity index (χ4v) is 2.76. The number of carbonyl (C=O) groups excluding carboxylic acids is 1. The van der Waals surface area contributed by atoms with Gasteiger partial charge < -0.3 is 9.47 Å². The van der Waals surface area contributed by atoms with E-state index in [1.807, 2.05) is 20.8 Å². The topological polar surface area (TPSA) is 47.6 Å². The molecule has 0 bridgehead atoms. The molecule has 1 saturated carbocycles. The van der Waals surface area contributed by atoms with Gasteiger partial charge in [0.2, 0.25) is 0 Å². The Morgan fingerprint density at radius 3 is 2.59 bits per heavy atom. The number of ether oxygens (including phenoxy) is 2. The fraction of sp³-hybridized carbons (Fsp3) is 0.923. The zero-order valence-electron chi connectivity index (χ0n) is 11.0. The van der Waals surface area contributed by atoms with E-state index >= 15 is 0 Å². The van der Waals surface area contributed by atoms with E-state index in [1.165, 1.54) is 25.7 Å². The molecule has 0 aromatic heterocycles. The highest BCUT2D eigenvalue weighted by molar-refractivity contribution is 5.60. The summed E-state index contributed by atoms with van der Waals surface area (Å²) in [5, 5.41) is 3.39. The van der Waals surface area contributed by atoms with Gasteiger partial charge in [0.15, 0.2) is 6.23 Å². The largest absolute Gasteiger partial charge is 0.510 e.